The fraction of sp³-hybridized carbons (Fsp3) is 1.00. The molecule has 0 amide bonds. The molecule has 18 heavy (non-hydrogen) atoms. The van der Waals surface area contributed by atoms with Crippen LogP contribution in [0.4, 0.5) is 0 Å². The SMILES string of the molecule is CCCCCC(CC)(CC)P(=O)(O)O.CCO.[Na]. The second-order valence-electron chi connectivity index (χ2n) is 4.25. The van der Waals surface area contributed by atoms with Crippen molar-refractivity contribution < 1.29 is 19.5 Å². The first-order chi connectivity index (χ1) is 7.85. The van der Waals surface area contributed by atoms with Gasteiger partial charge in [-0.1, -0.05) is 40.0 Å². The molecule has 3 N–H and O–H groups in total. The van der Waals surface area contributed by atoms with Crippen molar-refractivity contribution in [2.24, 2.45) is 0 Å². The Morgan fingerprint density at radius 2 is 1.39 bits per heavy atom. The molecular weight excluding hydrogens is 262 g/mol. The van der Waals surface area contributed by atoms with Gasteiger partial charge in [0.2, 0.25) is 0 Å². The van der Waals surface area contributed by atoms with Crippen molar-refractivity contribution in [3.05, 3.63) is 0 Å². The molecule has 0 aliphatic rings. The van der Waals surface area contributed by atoms with Crippen molar-refractivity contribution in [2.45, 2.75) is 71.4 Å². The van der Waals surface area contributed by atoms with Gasteiger partial charge in [-0.15, -0.1) is 0 Å². The van der Waals surface area contributed by atoms with Crippen LogP contribution in [0, 0.1) is 0 Å². The Hall–Kier alpha value is 1.11. The standard InChI is InChI=1S/C10H23O3P.C2H6O.Na/c1-4-7-8-9-10(5-2,6-3)14(11,12)13;1-2-3;/h4-9H2,1-3H3,(H2,11,12,13);3H,2H2,1H3;. The van der Waals surface area contributed by atoms with Gasteiger partial charge < -0.3 is 14.9 Å². The molecule has 0 aromatic heterocycles. The van der Waals surface area contributed by atoms with Crippen LogP contribution in [0.2, 0.25) is 0 Å². The first-order valence-electron chi connectivity index (χ1n) is 6.51. The van der Waals surface area contributed by atoms with E-state index in [1.165, 1.54) is 0 Å². The van der Waals surface area contributed by atoms with Crippen LogP contribution in [0.5, 0.6) is 0 Å². The van der Waals surface area contributed by atoms with Crippen LogP contribution in [0.3, 0.4) is 0 Å². The summed E-state index contributed by atoms with van der Waals surface area (Å²) in [4.78, 5) is 18.7. The third kappa shape index (κ3) is 9.08. The van der Waals surface area contributed by atoms with E-state index in [-0.39, 0.29) is 36.2 Å². The Labute approximate surface area is 134 Å². The average molecular weight is 291 g/mol. The molecule has 0 aliphatic carbocycles. The predicted octanol–water partition coefficient (Wildman–Crippen LogP) is 2.92. The molecule has 0 aromatic rings. The third-order valence-electron chi connectivity index (χ3n) is 3.18. The van der Waals surface area contributed by atoms with Crippen molar-refractivity contribution in [1.82, 2.24) is 0 Å². The molecule has 0 aliphatic heterocycles. The smallest absolute Gasteiger partial charge is 0.331 e. The van der Waals surface area contributed by atoms with Crippen LogP contribution in [-0.2, 0) is 4.57 Å². The molecule has 0 rings (SSSR count). The summed E-state index contributed by atoms with van der Waals surface area (Å²) < 4.78 is 11.4. The largest absolute Gasteiger partial charge is 0.397 e. The maximum absolute atomic E-state index is 11.4. The maximum atomic E-state index is 11.4. The molecule has 0 fully saturated rings. The number of aliphatic hydroxyl groups is 1. The summed E-state index contributed by atoms with van der Waals surface area (Å²) in [5.41, 5.74) is 0. The van der Waals surface area contributed by atoms with E-state index in [0.29, 0.717) is 19.3 Å². The summed E-state index contributed by atoms with van der Waals surface area (Å²) in [7, 11) is -3.95. The van der Waals surface area contributed by atoms with E-state index in [4.69, 9.17) is 5.11 Å². The molecule has 0 aromatic carbocycles. The zero-order valence-corrected chi connectivity index (χ0v) is 15.5. The second kappa shape index (κ2) is 13.1. The van der Waals surface area contributed by atoms with Gasteiger partial charge in [0, 0.05) is 36.2 Å². The molecule has 0 atom stereocenters. The minimum Gasteiger partial charge on any atom is -0.397 e. The molecule has 0 unspecified atom stereocenters. The van der Waals surface area contributed by atoms with E-state index < -0.39 is 12.8 Å². The fourth-order valence-electron chi connectivity index (χ4n) is 1.87. The number of hydrogen-bond donors (Lipinski definition) is 3. The van der Waals surface area contributed by atoms with E-state index in [1.807, 2.05) is 13.8 Å². The van der Waals surface area contributed by atoms with Gasteiger partial charge in [0.1, 0.15) is 0 Å². The summed E-state index contributed by atoms with van der Waals surface area (Å²) >= 11 is 0. The van der Waals surface area contributed by atoms with Crippen LogP contribution in [-0.4, -0.2) is 56.2 Å². The molecule has 0 saturated heterocycles. The van der Waals surface area contributed by atoms with Gasteiger partial charge in [-0.3, -0.25) is 4.57 Å². The van der Waals surface area contributed by atoms with E-state index in [0.717, 1.165) is 19.3 Å². The molecule has 107 valence electrons. The summed E-state index contributed by atoms with van der Waals surface area (Å²) in [6, 6.07) is 0. The van der Waals surface area contributed by atoms with E-state index in [2.05, 4.69) is 6.92 Å². The first-order valence-corrected chi connectivity index (χ1v) is 8.12. The minimum atomic E-state index is -3.95. The van der Waals surface area contributed by atoms with Crippen molar-refractivity contribution in [1.29, 1.82) is 0 Å². The molecule has 1 radical (unpaired) electrons. The number of unbranched alkanes of at least 4 members (excludes halogenated alkanes) is 2. The molecule has 0 heterocycles. The summed E-state index contributed by atoms with van der Waals surface area (Å²) in [5, 5.41) is 6.81. The van der Waals surface area contributed by atoms with E-state index >= 15 is 0 Å². The van der Waals surface area contributed by atoms with Crippen LogP contribution in [0.15, 0.2) is 0 Å². The van der Waals surface area contributed by atoms with Crippen molar-refractivity contribution in [3.8, 4) is 0 Å². The monoisotopic (exact) mass is 291 g/mol. The zero-order chi connectivity index (χ0) is 13.9. The average Bonchev–Trinajstić information content (AvgIpc) is 2.24. The third-order valence-corrected chi connectivity index (χ3v) is 5.27. The van der Waals surface area contributed by atoms with Gasteiger partial charge >= 0.3 is 7.60 Å². The second-order valence-corrected chi connectivity index (χ2v) is 6.29. The van der Waals surface area contributed by atoms with Crippen molar-refractivity contribution >= 4 is 37.2 Å². The molecule has 4 nitrogen and oxygen atoms in total. The van der Waals surface area contributed by atoms with Gasteiger partial charge in [0.25, 0.3) is 0 Å². The molecule has 0 bridgehead atoms. The van der Waals surface area contributed by atoms with Crippen molar-refractivity contribution in [2.75, 3.05) is 6.61 Å². The Bertz CT molecular complexity index is 214. The Morgan fingerprint density at radius 3 is 1.61 bits per heavy atom. The Balaban J connectivity index is -0.000000507. The van der Waals surface area contributed by atoms with Crippen LogP contribution in [0.1, 0.15) is 66.2 Å². The van der Waals surface area contributed by atoms with Crippen LogP contribution < -0.4 is 0 Å². The summed E-state index contributed by atoms with van der Waals surface area (Å²) in [6.07, 6.45) is 4.85. The van der Waals surface area contributed by atoms with Gasteiger partial charge in [-0.2, -0.15) is 0 Å². The van der Waals surface area contributed by atoms with Gasteiger partial charge in [-0.05, 0) is 26.2 Å². The Kier molecular flexibility index (Phi) is 17.6. The quantitative estimate of drug-likeness (QED) is 0.383. The molecule has 0 spiro atoms. The number of aliphatic hydroxyl groups excluding tert-OH is 1. The normalized spacial score (nSPS) is 11.3. The Morgan fingerprint density at radius 1 is 1.00 bits per heavy atom. The topological polar surface area (TPSA) is 77.8 Å². The maximum Gasteiger partial charge on any atom is 0.331 e. The zero-order valence-electron chi connectivity index (χ0n) is 12.6. The molecule has 0 saturated carbocycles. The summed E-state index contributed by atoms with van der Waals surface area (Å²) in [5.74, 6) is 0. The molecule has 6 heteroatoms. The van der Waals surface area contributed by atoms with Crippen molar-refractivity contribution in [3.63, 3.8) is 0 Å². The van der Waals surface area contributed by atoms with E-state index in [1.54, 1.807) is 6.92 Å². The fourth-order valence-corrected chi connectivity index (χ4v) is 3.14. The van der Waals surface area contributed by atoms with Gasteiger partial charge in [0.05, 0.1) is 5.16 Å². The van der Waals surface area contributed by atoms with Crippen LogP contribution in [0.25, 0.3) is 0 Å². The molecular formula is C12H29NaO4P. The number of rotatable bonds is 7. The minimum absolute atomic E-state index is 0. The van der Waals surface area contributed by atoms with Crippen LogP contribution >= 0.6 is 7.60 Å². The first kappa shape index (κ1) is 24.1. The van der Waals surface area contributed by atoms with E-state index in [9.17, 15) is 14.4 Å². The van der Waals surface area contributed by atoms with Gasteiger partial charge in [0.15, 0.2) is 0 Å². The number of hydrogen-bond acceptors (Lipinski definition) is 2. The van der Waals surface area contributed by atoms with Gasteiger partial charge in [-0.25, -0.2) is 0 Å². The summed E-state index contributed by atoms with van der Waals surface area (Å²) in [6.45, 7) is 7.76. The predicted molar refractivity (Wildman–Crippen MR) is 78.0 cm³/mol.